The summed E-state index contributed by atoms with van der Waals surface area (Å²) in [6, 6.07) is 0.129. The quantitative estimate of drug-likeness (QED) is 0.820. The first-order valence-corrected chi connectivity index (χ1v) is 8.39. The molecule has 3 N–H and O–H groups in total. The molecular formula is C16H29N3O2. The van der Waals surface area contributed by atoms with E-state index >= 15 is 0 Å². The number of nitrogens with zero attached hydrogens (tertiary/aromatic N) is 1. The van der Waals surface area contributed by atoms with E-state index in [0.29, 0.717) is 18.9 Å². The fraction of sp³-hybridized carbons (Fsp3) is 0.875. The van der Waals surface area contributed by atoms with Crippen LogP contribution in [0.3, 0.4) is 0 Å². The van der Waals surface area contributed by atoms with Gasteiger partial charge >= 0.3 is 0 Å². The van der Waals surface area contributed by atoms with Gasteiger partial charge in [-0.3, -0.25) is 9.59 Å². The van der Waals surface area contributed by atoms with Crippen LogP contribution in [-0.2, 0) is 9.59 Å². The van der Waals surface area contributed by atoms with Gasteiger partial charge in [-0.25, -0.2) is 0 Å². The number of hydrogen-bond donors (Lipinski definition) is 2. The summed E-state index contributed by atoms with van der Waals surface area (Å²) in [4.78, 5) is 26.0. The van der Waals surface area contributed by atoms with Crippen molar-refractivity contribution in [1.29, 1.82) is 0 Å². The minimum Gasteiger partial charge on any atom is -0.355 e. The van der Waals surface area contributed by atoms with Gasteiger partial charge in [0.05, 0.1) is 0 Å². The molecule has 1 aliphatic carbocycles. The van der Waals surface area contributed by atoms with Crippen LogP contribution in [0.5, 0.6) is 0 Å². The van der Waals surface area contributed by atoms with Crippen molar-refractivity contribution in [3.63, 3.8) is 0 Å². The Morgan fingerprint density at radius 2 is 1.90 bits per heavy atom. The number of piperidine rings is 1. The van der Waals surface area contributed by atoms with Gasteiger partial charge in [-0.1, -0.05) is 6.92 Å². The lowest BCUT2D eigenvalue weighted by Gasteiger charge is -2.31. The second-order valence-corrected chi connectivity index (χ2v) is 6.63. The molecular weight excluding hydrogens is 266 g/mol. The topological polar surface area (TPSA) is 75.4 Å². The largest absolute Gasteiger partial charge is 0.355 e. The minimum atomic E-state index is 0.0290. The maximum Gasteiger partial charge on any atom is 0.224 e. The van der Waals surface area contributed by atoms with Gasteiger partial charge in [0.1, 0.15) is 0 Å². The highest BCUT2D eigenvalue weighted by Crippen LogP contribution is 2.27. The summed E-state index contributed by atoms with van der Waals surface area (Å²) in [5.41, 5.74) is 6.04. The van der Waals surface area contributed by atoms with Gasteiger partial charge < -0.3 is 16.0 Å². The van der Waals surface area contributed by atoms with E-state index in [4.69, 9.17) is 5.73 Å². The molecule has 120 valence electrons. The third-order valence-corrected chi connectivity index (χ3v) is 4.98. The standard InChI is InChI=1S/C16H29N3O2/c1-12-5-6-13(11-14(12)17)16(21)18-8-7-15(20)19-9-3-2-4-10-19/h12-14H,2-11,17H2,1H3,(H,18,21). The summed E-state index contributed by atoms with van der Waals surface area (Å²) in [6.07, 6.45) is 6.56. The van der Waals surface area contributed by atoms with E-state index in [2.05, 4.69) is 12.2 Å². The Balaban J connectivity index is 1.66. The number of hydrogen-bond acceptors (Lipinski definition) is 3. The number of rotatable bonds is 4. The van der Waals surface area contributed by atoms with Gasteiger partial charge in [0.25, 0.3) is 0 Å². The van der Waals surface area contributed by atoms with Crippen LogP contribution in [0.15, 0.2) is 0 Å². The van der Waals surface area contributed by atoms with E-state index in [-0.39, 0.29) is 23.8 Å². The number of nitrogens with one attached hydrogen (secondary N) is 1. The number of nitrogens with two attached hydrogens (primary N) is 1. The fourth-order valence-electron chi connectivity index (χ4n) is 3.33. The molecule has 1 saturated heterocycles. The molecule has 0 spiro atoms. The van der Waals surface area contributed by atoms with Gasteiger partial charge in [-0.05, 0) is 44.4 Å². The first-order chi connectivity index (χ1) is 10.1. The Morgan fingerprint density at radius 1 is 1.19 bits per heavy atom. The zero-order valence-corrected chi connectivity index (χ0v) is 13.1. The molecule has 1 saturated carbocycles. The van der Waals surface area contributed by atoms with Crippen LogP contribution in [0.4, 0.5) is 0 Å². The molecule has 0 aromatic heterocycles. The van der Waals surface area contributed by atoms with Crippen LogP contribution in [0.25, 0.3) is 0 Å². The van der Waals surface area contributed by atoms with E-state index in [0.717, 1.165) is 45.2 Å². The normalized spacial score (nSPS) is 30.0. The van der Waals surface area contributed by atoms with Crippen molar-refractivity contribution in [3.05, 3.63) is 0 Å². The Kier molecular flexibility index (Phi) is 6.03. The third kappa shape index (κ3) is 4.70. The molecule has 5 nitrogen and oxygen atoms in total. The maximum atomic E-state index is 12.1. The molecule has 0 radical (unpaired) electrons. The zero-order chi connectivity index (χ0) is 15.2. The van der Waals surface area contributed by atoms with Gasteiger partial charge in [0.15, 0.2) is 0 Å². The van der Waals surface area contributed by atoms with Crippen molar-refractivity contribution in [1.82, 2.24) is 10.2 Å². The summed E-state index contributed by atoms with van der Waals surface area (Å²) < 4.78 is 0. The third-order valence-electron chi connectivity index (χ3n) is 4.98. The fourth-order valence-corrected chi connectivity index (χ4v) is 3.33. The summed E-state index contributed by atoms with van der Waals surface area (Å²) in [7, 11) is 0. The predicted octanol–water partition coefficient (Wildman–Crippen LogP) is 1.27. The lowest BCUT2D eigenvalue weighted by molar-refractivity contribution is -0.132. The highest BCUT2D eigenvalue weighted by Gasteiger charge is 2.29. The summed E-state index contributed by atoms with van der Waals surface area (Å²) in [5, 5.41) is 2.92. The molecule has 1 aliphatic heterocycles. The monoisotopic (exact) mass is 295 g/mol. The van der Waals surface area contributed by atoms with Gasteiger partial charge in [0.2, 0.25) is 11.8 Å². The van der Waals surface area contributed by atoms with Crippen molar-refractivity contribution in [2.24, 2.45) is 17.6 Å². The van der Waals surface area contributed by atoms with Crippen LogP contribution in [0.2, 0.25) is 0 Å². The zero-order valence-electron chi connectivity index (χ0n) is 13.1. The van der Waals surface area contributed by atoms with Crippen molar-refractivity contribution in [2.45, 2.75) is 57.9 Å². The summed E-state index contributed by atoms with van der Waals surface area (Å²) >= 11 is 0. The van der Waals surface area contributed by atoms with Crippen LogP contribution in [0.1, 0.15) is 51.9 Å². The highest BCUT2D eigenvalue weighted by atomic mass is 16.2. The van der Waals surface area contributed by atoms with Gasteiger partial charge in [-0.2, -0.15) is 0 Å². The number of amides is 2. The average Bonchev–Trinajstić information content (AvgIpc) is 2.50. The molecule has 5 heteroatoms. The first-order valence-electron chi connectivity index (χ1n) is 8.39. The van der Waals surface area contributed by atoms with Crippen molar-refractivity contribution < 1.29 is 9.59 Å². The Bertz CT molecular complexity index is 367. The molecule has 3 atom stereocenters. The highest BCUT2D eigenvalue weighted by molar-refractivity contribution is 5.80. The van der Waals surface area contributed by atoms with E-state index < -0.39 is 0 Å². The molecule has 3 unspecified atom stereocenters. The van der Waals surface area contributed by atoms with Gasteiger partial charge in [0, 0.05) is 38.0 Å². The van der Waals surface area contributed by atoms with Crippen LogP contribution >= 0.6 is 0 Å². The van der Waals surface area contributed by atoms with E-state index in [1.165, 1.54) is 6.42 Å². The van der Waals surface area contributed by atoms with Crippen molar-refractivity contribution in [3.8, 4) is 0 Å². The van der Waals surface area contributed by atoms with Gasteiger partial charge in [-0.15, -0.1) is 0 Å². The Hall–Kier alpha value is -1.10. The molecule has 2 aliphatic rings. The second-order valence-electron chi connectivity index (χ2n) is 6.63. The average molecular weight is 295 g/mol. The molecule has 0 aromatic rings. The smallest absolute Gasteiger partial charge is 0.224 e. The number of likely N-dealkylation sites (tertiary alicyclic amines) is 1. The molecule has 0 bridgehead atoms. The van der Waals surface area contributed by atoms with E-state index in [9.17, 15) is 9.59 Å². The SMILES string of the molecule is CC1CCC(C(=O)NCCC(=O)N2CCCCC2)CC1N. The molecule has 21 heavy (non-hydrogen) atoms. The molecule has 1 heterocycles. The minimum absolute atomic E-state index is 0.0290. The lowest BCUT2D eigenvalue weighted by Crippen LogP contribution is -2.42. The van der Waals surface area contributed by atoms with Crippen LogP contribution in [0, 0.1) is 11.8 Å². The molecule has 0 aromatic carbocycles. The van der Waals surface area contributed by atoms with E-state index in [1.807, 2.05) is 4.90 Å². The van der Waals surface area contributed by atoms with Crippen molar-refractivity contribution >= 4 is 11.8 Å². The molecule has 2 amide bonds. The Morgan fingerprint density at radius 3 is 2.57 bits per heavy atom. The van der Waals surface area contributed by atoms with Crippen LogP contribution < -0.4 is 11.1 Å². The first kappa shape index (κ1) is 16.3. The number of carbonyl (C=O) groups is 2. The summed E-state index contributed by atoms with van der Waals surface area (Å²) in [5.74, 6) is 0.781. The van der Waals surface area contributed by atoms with Crippen LogP contribution in [-0.4, -0.2) is 42.4 Å². The summed E-state index contributed by atoms with van der Waals surface area (Å²) in [6.45, 7) is 4.36. The van der Waals surface area contributed by atoms with E-state index in [1.54, 1.807) is 0 Å². The maximum absolute atomic E-state index is 12.1. The van der Waals surface area contributed by atoms with Crippen molar-refractivity contribution in [2.75, 3.05) is 19.6 Å². The predicted molar refractivity (Wildman–Crippen MR) is 82.5 cm³/mol. The number of carbonyl (C=O) groups excluding carboxylic acids is 2. The Labute approximate surface area is 127 Å². The molecule has 2 rings (SSSR count). The second kappa shape index (κ2) is 7.78. The lowest BCUT2D eigenvalue weighted by atomic mass is 9.79. The molecule has 2 fully saturated rings.